The molecule has 1 N–H and O–H groups in total. The highest BCUT2D eigenvalue weighted by molar-refractivity contribution is 5.79. The number of aliphatic hydroxyl groups excluding tert-OH is 1. The van der Waals surface area contributed by atoms with Gasteiger partial charge in [-0.1, -0.05) is 0 Å². The molecule has 2 aromatic heterocycles. The maximum atomic E-state index is 8.96. The van der Waals surface area contributed by atoms with Gasteiger partial charge < -0.3 is 9.52 Å². The summed E-state index contributed by atoms with van der Waals surface area (Å²) in [6.07, 6.45) is 1.60. The number of aliphatic hydroxyl groups is 1. The molecular weight excluding hydrogens is 154 g/mol. The van der Waals surface area contributed by atoms with Gasteiger partial charge >= 0.3 is 0 Å². The molecule has 12 heavy (non-hydrogen) atoms. The molecule has 0 unspecified atom stereocenters. The number of hydrogen-bond donors (Lipinski definition) is 1. The maximum absolute atomic E-state index is 8.96. The zero-order valence-corrected chi connectivity index (χ0v) is 6.74. The van der Waals surface area contributed by atoms with Crippen molar-refractivity contribution in [1.82, 2.24) is 4.98 Å². The lowest BCUT2D eigenvalue weighted by Gasteiger charge is -1.98. The average molecular weight is 163 g/mol. The minimum atomic E-state index is -0.0777. The molecule has 0 spiro atoms. The molecule has 62 valence electrons. The topological polar surface area (TPSA) is 46.3 Å². The van der Waals surface area contributed by atoms with Crippen molar-refractivity contribution in [3.05, 3.63) is 29.8 Å². The molecule has 0 amide bonds. The lowest BCUT2D eigenvalue weighted by atomic mass is 10.2. The molecule has 0 atom stereocenters. The van der Waals surface area contributed by atoms with Crippen LogP contribution in [0.5, 0.6) is 0 Å². The summed E-state index contributed by atoms with van der Waals surface area (Å²) in [7, 11) is 0. The molecule has 2 aromatic rings. The summed E-state index contributed by atoms with van der Waals surface area (Å²) in [6, 6.07) is 3.79. The SMILES string of the molecule is Cc1cc2ccoc2c(CO)n1. The van der Waals surface area contributed by atoms with Crippen LogP contribution in [0.1, 0.15) is 11.4 Å². The molecule has 2 heterocycles. The van der Waals surface area contributed by atoms with Crippen LogP contribution in [0.15, 0.2) is 22.8 Å². The molecule has 0 bridgehead atoms. The molecule has 0 saturated heterocycles. The zero-order valence-electron chi connectivity index (χ0n) is 6.74. The Morgan fingerprint density at radius 1 is 1.58 bits per heavy atom. The molecule has 0 fully saturated rings. The molecule has 0 saturated carbocycles. The molecular formula is C9H9NO2. The van der Waals surface area contributed by atoms with Gasteiger partial charge in [-0.2, -0.15) is 0 Å². The van der Waals surface area contributed by atoms with Gasteiger partial charge in [0, 0.05) is 11.1 Å². The van der Waals surface area contributed by atoms with Crippen LogP contribution in [0.25, 0.3) is 11.0 Å². The normalized spacial score (nSPS) is 10.8. The van der Waals surface area contributed by atoms with Crippen LogP contribution < -0.4 is 0 Å². The van der Waals surface area contributed by atoms with Crippen LogP contribution in [-0.4, -0.2) is 10.1 Å². The van der Waals surface area contributed by atoms with E-state index in [4.69, 9.17) is 9.52 Å². The standard InChI is InChI=1S/C9H9NO2/c1-6-4-7-2-3-12-9(7)8(5-11)10-6/h2-4,11H,5H2,1H3. The maximum Gasteiger partial charge on any atom is 0.157 e. The van der Waals surface area contributed by atoms with Crippen molar-refractivity contribution < 1.29 is 9.52 Å². The average Bonchev–Trinajstić information content (AvgIpc) is 2.50. The molecule has 0 radical (unpaired) electrons. The van der Waals surface area contributed by atoms with Crippen LogP contribution in [-0.2, 0) is 6.61 Å². The summed E-state index contributed by atoms with van der Waals surface area (Å²) in [5.74, 6) is 0. The van der Waals surface area contributed by atoms with Crippen molar-refractivity contribution in [2.24, 2.45) is 0 Å². The Morgan fingerprint density at radius 3 is 3.17 bits per heavy atom. The second kappa shape index (κ2) is 2.60. The van der Waals surface area contributed by atoms with Gasteiger partial charge in [0.05, 0.1) is 12.9 Å². The predicted molar refractivity (Wildman–Crippen MR) is 44.7 cm³/mol. The first-order valence-electron chi connectivity index (χ1n) is 3.76. The first-order chi connectivity index (χ1) is 5.81. The van der Waals surface area contributed by atoms with Gasteiger partial charge in [0.2, 0.25) is 0 Å². The fourth-order valence-corrected chi connectivity index (χ4v) is 1.30. The van der Waals surface area contributed by atoms with Gasteiger partial charge in [0.1, 0.15) is 5.69 Å². The Balaban J connectivity index is 2.80. The number of nitrogens with zero attached hydrogens (tertiary/aromatic N) is 1. The van der Waals surface area contributed by atoms with E-state index in [1.54, 1.807) is 6.26 Å². The summed E-state index contributed by atoms with van der Waals surface area (Å²) in [5, 5.41) is 9.95. The van der Waals surface area contributed by atoms with Crippen LogP contribution in [0.3, 0.4) is 0 Å². The first kappa shape index (κ1) is 7.31. The molecule has 3 nitrogen and oxygen atoms in total. The van der Waals surface area contributed by atoms with Gasteiger partial charge in [-0.3, -0.25) is 4.98 Å². The van der Waals surface area contributed by atoms with Crippen LogP contribution in [0, 0.1) is 6.92 Å². The fourth-order valence-electron chi connectivity index (χ4n) is 1.30. The lowest BCUT2D eigenvalue weighted by molar-refractivity contribution is 0.276. The van der Waals surface area contributed by atoms with Crippen LogP contribution >= 0.6 is 0 Å². The lowest BCUT2D eigenvalue weighted by Crippen LogP contribution is -1.91. The minimum absolute atomic E-state index is 0.0777. The summed E-state index contributed by atoms with van der Waals surface area (Å²) in [5.41, 5.74) is 2.19. The predicted octanol–water partition coefficient (Wildman–Crippen LogP) is 1.63. The van der Waals surface area contributed by atoms with E-state index in [1.807, 2.05) is 19.1 Å². The van der Waals surface area contributed by atoms with E-state index in [1.165, 1.54) is 0 Å². The van der Waals surface area contributed by atoms with Crippen molar-refractivity contribution in [3.63, 3.8) is 0 Å². The molecule has 0 aliphatic heterocycles. The van der Waals surface area contributed by atoms with Crippen molar-refractivity contribution in [2.45, 2.75) is 13.5 Å². The Kier molecular flexibility index (Phi) is 1.59. The number of aryl methyl sites for hydroxylation is 1. The number of furan rings is 1. The Bertz CT molecular complexity index is 406. The van der Waals surface area contributed by atoms with E-state index < -0.39 is 0 Å². The van der Waals surface area contributed by atoms with Crippen molar-refractivity contribution >= 4 is 11.0 Å². The number of pyridine rings is 1. The Hall–Kier alpha value is -1.35. The smallest absolute Gasteiger partial charge is 0.157 e. The van der Waals surface area contributed by atoms with E-state index in [0.29, 0.717) is 11.3 Å². The Labute approximate surface area is 69.7 Å². The van der Waals surface area contributed by atoms with Crippen LogP contribution in [0.2, 0.25) is 0 Å². The van der Waals surface area contributed by atoms with E-state index >= 15 is 0 Å². The van der Waals surface area contributed by atoms with Gasteiger partial charge in [0.15, 0.2) is 5.58 Å². The second-order valence-electron chi connectivity index (χ2n) is 2.71. The van der Waals surface area contributed by atoms with E-state index in [2.05, 4.69) is 4.98 Å². The molecule has 0 aromatic carbocycles. The summed E-state index contributed by atoms with van der Waals surface area (Å²) in [4.78, 5) is 4.15. The largest absolute Gasteiger partial charge is 0.462 e. The van der Waals surface area contributed by atoms with E-state index in [-0.39, 0.29) is 6.61 Å². The van der Waals surface area contributed by atoms with Gasteiger partial charge in [-0.25, -0.2) is 0 Å². The van der Waals surface area contributed by atoms with Crippen molar-refractivity contribution in [3.8, 4) is 0 Å². The van der Waals surface area contributed by atoms with Crippen molar-refractivity contribution in [1.29, 1.82) is 0 Å². The van der Waals surface area contributed by atoms with Gasteiger partial charge in [0.25, 0.3) is 0 Å². The number of hydrogen-bond acceptors (Lipinski definition) is 3. The highest BCUT2D eigenvalue weighted by atomic mass is 16.3. The molecule has 3 heteroatoms. The second-order valence-corrected chi connectivity index (χ2v) is 2.71. The van der Waals surface area contributed by atoms with Crippen LogP contribution in [0.4, 0.5) is 0 Å². The Morgan fingerprint density at radius 2 is 2.42 bits per heavy atom. The highest BCUT2D eigenvalue weighted by Gasteiger charge is 2.05. The number of fused-ring (bicyclic) bond motifs is 1. The third-order valence-electron chi connectivity index (χ3n) is 1.78. The third-order valence-corrected chi connectivity index (χ3v) is 1.78. The quantitative estimate of drug-likeness (QED) is 0.695. The summed E-state index contributed by atoms with van der Waals surface area (Å²) in [6.45, 7) is 1.82. The fraction of sp³-hybridized carbons (Fsp3) is 0.222. The summed E-state index contributed by atoms with van der Waals surface area (Å²) < 4.78 is 5.17. The van der Waals surface area contributed by atoms with E-state index in [9.17, 15) is 0 Å². The first-order valence-corrected chi connectivity index (χ1v) is 3.76. The number of rotatable bonds is 1. The molecule has 2 rings (SSSR count). The van der Waals surface area contributed by atoms with Crippen molar-refractivity contribution in [2.75, 3.05) is 0 Å². The van der Waals surface area contributed by atoms with Gasteiger partial charge in [-0.15, -0.1) is 0 Å². The highest BCUT2D eigenvalue weighted by Crippen LogP contribution is 2.19. The van der Waals surface area contributed by atoms with Gasteiger partial charge in [-0.05, 0) is 19.1 Å². The minimum Gasteiger partial charge on any atom is -0.462 e. The van der Waals surface area contributed by atoms with E-state index in [0.717, 1.165) is 11.1 Å². The molecule has 0 aliphatic rings. The molecule has 0 aliphatic carbocycles. The zero-order chi connectivity index (χ0) is 8.55. The number of aromatic nitrogens is 1. The summed E-state index contributed by atoms with van der Waals surface area (Å²) >= 11 is 0. The third kappa shape index (κ3) is 0.987. The monoisotopic (exact) mass is 163 g/mol.